The zero-order valence-corrected chi connectivity index (χ0v) is 15.4. The van der Waals surface area contributed by atoms with Gasteiger partial charge in [-0.15, -0.1) is 0 Å². The predicted molar refractivity (Wildman–Crippen MR) is 107 cm³/mol. The van der Waals surface area contributed by atoms with Gasteiger partial charge in [0, 0.05) is 11.9 Å². The molecule has 0 bridgehead atoms. The van der Waals surface area contributed by atoms with Gasteiger partial charge in [0.15, 0.2) is 5.69 Å². The van der Waals surface area contributed by atoms with Gasteiger partial charge in [0.25, 0.3) is 0 Å². The normalized spacial score (nSPS) is 10.6. The first-order valence-electron chi connectivity index (χ1n) is 8.85. The van der Waals surface area contributed by atoms with E-state index in [0.717, 1.165) is 23.1 Å². The molecule has 27 heavy (non-hydrogen) atoms. The molecule has 3 rings (SSSR count). The van der Waals surface area contributed by atoms with Crippen LogP contribution >= 0.6 is 0 Å². The molecule has 2 aromatic carbocycles. The summed E-state index contributed by atoms with van der Waals surface area (Å²) < 4.78 is 10.5. The molecule has 1 aromatic heterocycles. The van der Waals surface area contributed by atoms with Gasteiger partial charge in [0.2, 0.25) is 5.91 Å². The summed E-state index contributed by atoms with van der Waals surface area (Å²) in [5, 5.41) is 6.71. The highest BCUT2D eigenvalue weighted by Gasteiger charge is 2.17. The largest absolute Gasteiger partial charge is 0.497 e. The van der Waals surface area contributed by atoms with Gasteiger partial charge in [0.1, 0.15) is 11.3 Å². The lowest BCUT2D eigenvalue weighted by Crippen LogP contribution is -2.21. The van der Waals surface area contributed by atoms with E-state index in [1.807, 2.05) is 31.2 Å². The van der Waals surface area contributed by atoms with E-state index < -0.39 is 5.63 Å². The van der Waals surface area contributed by atoms with Crippen molar-refractivity contribution < 1.29 is 13.9 Å². The lowest BCUT2D eigenvalue weighted by atomic mass is 10.1. The number of fused-ring (bicyclic) bond motifs is 1. The van der Waals surface area contributed by atoms with Crippen LogP contribution in [0.15, 0.2) is 57.7 Å². The number of hydrogen-bond acceptors (Lipinski definition) is 5. The maximum Gasteiger partial charge on any atom is 0.362 e. The lowest BCUT2D eigenvalue weighted by molar-refractivity contribution is -0.115. The smallest absolute Gasteiger partial charge is 0.362 e. The first-order valence-corrected chi connectivity index (χ1v) is 8.85. The molecular formula is C21H22N2O4. The van der Waals surface area contributed by atoms with Crippen molar-refractivity contribution in [3.05, 3.63) is 64.5 Å². The molecule has 0 saturated carbocycles. The van der Waals surface area contributed by atoms with Crippen LogP contribution in [0.5, 0.6) is 5.75 Å². The number of carbonyl (C=O) groups excluding carboxylic acids is 1. The van der Waals surface area contributed by atoms with Crippen molar-refractivity contribution >= 4 is 28.3 Å². The summed E-state index contributed by atoms with van der Waals surface area (Å²) in [6.07, 6.45) is 1.03. The predicted octanol–water partition coefficient (Wildman–Crippen LogP) is 3.80. The number of amides is 1. The highest BCUT2D eigenvalue weighted by atomic mass is 16.5. The van der Waals surface area contributed by atoms with Crippen LogP contribution in [0.2, 0.25) is 0 Å². The highest BCUT2D eigenvalue weighted by Crippen LogP contribution is 2.28. The summed E-state index contributed by atoms with van der Waals surface area (Å²) >= 11 is 0. The van der Waals surface area contributed by atoms with E-state index >= 15 is 0 Å². The van der Waals surface area contributed by atoms with Crippen molar-refractivity contribution in [2.24, 2.45) is 0 Å². The third-order valence-corrected chi connectivity index (χ3v) is 4.15. The van der Waals surface area contributed by atoms with Gasteiger partial charge < -0.3 is 19.8 Å². The number of para-hydroxylation sites is 1. The summed E-state index contributed by atoms with van der Waals surface area (Å²) in [7, 11) is 1.59. The molecule has 140 valence electrons. The second kappa shape index (κ2) is 8.40. The van der Waals surface area contributed by atoms with Crippen LogP contribution in [-0.2, 0) is 11.2 Å². The molecule has 0 fully saturated rings. The minimum atomic E-state index is -0.574. The van der Waals surface area contributed by atoms with Crippen LogP contribution in [0.4, 0.5) is 11.4 Å². The fourth-order valence-corrected chi connectivity index (χ4v) is 2.81. The van der Waals surface area contributed by atoms with E-state index in [2.05, 4.69) is 10.6 Å². The van der Waals surface area contributed by atoms with Gasteiger partial charge in [-0.1, -0.05) is 31.2 Å². The molecule has 0 unspecified atom stereocenters. The summed E-state index contributed by atoms with van der Waals surface area (Å²) in [5.41, 5.74) is 1.46. The van der Waals surface area contributed by atoms with Crippen LogP contribution in [0.1, 0.15) is 18.9 Å². The summed E-state index contributed by atoms with van der Waals surface area (Å²) in [6.45, 7) is 2.71. The zero-order valence-electron chi connectivity index (χ0n) is 15.4. The number of ether oxygens (including phenoxy) is 1. The van der Waals surface area contributed by atoms with Crippen molar-refractivity contribution in [3.63, 3.8) is 0 Å². The van der Waals surface area contributed by atoms with Gasteiger partial charge in [0.05, 0.1) is 19.2 Å². The first-order chi connectivity index (χ1) is 13.1. The number of nitrogens with one attached hydrogen (secondary N) is 2. The average molecular weight is 366 g/mol. The van der Waals surface area contributed by atoms with Crippen LogP contribution in [0, 0.1) is 0 Å². The van der Waals surface area contributed by atoms with Gasteiger partial charge in [-0.05, 0) is 36.2 Å². The number of methoxy groups -OCH3 is 1. The summed E-state index contributed by atoms with van der Waals surface area (Å²) in [6, 6.07) is 14.5. The Morgan fingerprint density at radius 1 is 1.07 bits per heavy atom. The van der Waals surface area contributed by atoms with E-state index in [1.165, 1.54) is 0 Å². The Kier molecular flexibility index (Phi) is 5.76. The third kappa shape index (κ3) is 4.28. The quantitative estimate of drug-likeness (QED) is 0.622. The molecule has 0 saturated heterocycles. The van der Waals surface area contributed by atoms with Gasteiger partial charge in [-0.3, -0.25) is 4.79 Å². The Balaban J connectivity index is 1.89. The lowest BCUT2D eigenvalue weighted by Gasteiger charge is -2.14. The molecule has 0 aliphatic rings. The van der Waals surface area contributed by atoms with Crippen molar-refractivity contribution in [2.45, 2.75) is 19.8 Å². The van der Waals surface area contributed by atoms with Gasteiger partial charge in [-0.25, -0.2) is 4.79 Å². The highest BCUT2D eigenvalue weighted by molar-refractivity contribution is 6.02. The zero-order chi connectivity index (χ0) is 19.2. The Bertz CT molecular complexity index is 993. The second-order valence-corrected chi connectivity index (χ2v) is 6.14. The summed E-state index contributed by atoms with van der Waals surface area (Å²) in [5.74, 6) is 0.433. The fraction of sp³-hybridized carbons (Fsp3) is 0.238. The van der Waals surface area contributed by atoms with Gasteiger partial charge in [-0.2, -0.15) is 0 Å². The number of carbonyl (C=O) groups is 1. The van der Waals surface area contributed by atoms with Crippen molar-refractivity contribution in [3.8, 4) is 5.75 Å². The molecule has 0 radical (unpaired) electrons. The van der Waals surface area contributed by atoms with E-state index in [9.17, 15) is 9.59 Å². The molecule has 1 heterocycles. The monoisotopic (exact) mass is 366 g/mol. The maximum absolute atomic E-state index is 12.5. The Labute approximate surface area is 157 Å². The molecule has 6 heteroatoms. The minimum absolute atomic E-state index is 0.140. The van der Waals surface area contributed by atoms with E-state index in [-0.39, 0.29) is 18.0 Å². The van der Waals surface area contributed by atoms with Crippen molar-refractivity contribution in [2.75, 3.05) is 24.3 Å². The Morgan fingerprint density at radius 2 is 1.81 bits per heavy atom. The minimum Gasteiger partial charge on any atom is -0.497 e. The van der Waals surface area contributed by atoms with Crippen LogP contribution in [-0.4, -0.2) is 19.6 Å². The number of anilines is 2. The fourth-order valence-electron chi connectivity index (χ4n) is 2.81. The van der Waals surface area contributed by atoms with Crippen LogP contribution < -0.4 is 21.0 Å². The van der Waals surface area contributed by atoms with E-state index in [4.69, 9.17) is 9.15 Å². The van der Waals surface area contributed by atoms with Crippen molar-refractivity contribution in [1.29, 1.82) is 0 Å². The Hall–Kier alpha value is -3.28. The van der Waals surface area contributed by atoms with E-state index in [1.54, 1.807) is 31.4 Å². The standard InChI is InChI=1S/C21H22N2O4/c1-3-12-22-19-16-6-4-5-7-17(16)27-21(25)20(19)23-18(24)13-14-8-10-15(26-2)11-9-14/h4-11,22H,3,12-13H2,1-2H3,(H,23,24). The SMILES string of the molecule is CCCNc1c(NC(=O)Cc2ccc(OC)cc2)c(=O)oc2ccccc12. The maximum atomic E-state index is 12.5. The molecule has 0 aliphatic carbocycles. The Morgan fingerprint density at radius 3 is 2.52 bits per heavy atom. The average Bonchev–Trinajstić information content (AvgIpc) is 2.68. The molecule has 6 nitrogen and oxygen atoms in total. The van der Waals surface area contributed by atoms with E-state index in [0.29, 0.717) is 17.8 Å². The third-order valence-electron chi connectivity index (χ3n) is 4.15. The molecular weight excluding hydrogens is 344 g/mol. The molecule has 3 aromatic rings. The van der Waals surface area contributed by atoms with Crippen molar-refractivity contribution in [1.82, 2.24) is 0 Å². The van der Waals surface area contributed by atoms with Gasteiger partial charge >= 0.3 is 5.63 Å². The molecule has 1 amide bonds. The molecule has 0 atom stereocenters. The number of hydrogen-bond donors (Lipinski definition) is 2. The topological polar surface area (TPSA) is 80.6 Å². The molecule has 2 N–H and O–H groups in total. The first kappa shape index (κ1) is 18.5. The number of rotatable bonds is 7. The second-order valence-electron chi connectivity index (χ2n) is 6.14. The molecule has 0 aliphatic heterocycles. The summed E-state index contributed by atoms with van der Waals surface area (Å²) in [4.78, 5) is 25.0. The van der Waals surface area contributed by atoms with Crippen LogP contribution in [0.25, 0.3) is 11.0 Å². The molecule has 0 spiro atoms. The number of benzene rings is 2. The van der Waals surface area contributed by atoms with Crippen LogP contribution in [0.3, 0.4) is 0 Å².